The molecule has 2 rings (SSSR count). The number of hydrogen-bond donors (Lipinski definition) is 2. The van der Waals surface area contributed by atoms with E-state index in [0.717, 1.165) is 32.2 Å². The lowest BCUT2D eigenvalue weighted by Gasteiger charge is -2.34. The molecule has 2 aliphatic rings. The number of sulfonamides is 1. The Morgan fingerprint density at radius 3 is 2.65 bits per heavy atom. The van der Waals surface area contributed by atoms with Crippen LogP contribution < -0.4 is 5.32 Å². The molecule has 1 aliphatic heterocycles. The van der Waals surface area contributed by atoms with E-state index in [2.05, 4.69) is 5.32 Å². The van der Waals surface area contributed by atoms with Crippen molar-refractivity contribution in [1.29, 1.82) is 0 Å². The Labute approximate surface area is 103 Å². The summed E-state index contributed by atoms with van der Waals surface area (Å²) in [5.74, 6) is 0.542. The molecule has 0 bridgehead atoms. The summed E-state index contributed by atoms with van der Waals surface area (Å²) >= 11 is 0. The van der Waals surface area contributed by atoms with Crippen LogP contribution in [-0.2, 0) is 10.0 Å². The van der Waals surface area contributed by atoms with Gasteiger partial charge in [-0.3, -0.25) is 0 Å². The van der Waals surface area contributed by atoms with E-state index in [-0.39, 0.29) is 17.9 Å². The molecule has 0 radical (unpaired) electrons. The number of nitrogens with one attached hydrogen (secondary N) is 1. The third kappa shape index (κ3) is 3.40. The Balaban J connectivity index is 1.81. The SMILES string of the molecule is CN(CC1CC(O)C1)S(=O)(=O)CC1CCCN1. The van der Waals surface area contributed by atoms with Crippen LogP contribution >= 0.6 is 0 Å². The highest BCUT2D eigenvalue weighted by molar-refractivity contribution is 7.89. The molecule has 1 unspecified atom stereocenters. The van der Waals surface area contributed by atoms with Crippen LogP contribution in [0.2, 0.25) is 0 Å². The van der Waals surface area contributed by atoms with E-state index in [1.165, 1.54) is 4.31 Å². The fourth-order valence-electron chi connectivity index (χ4n) is 2.61. The Bertz CT molecular complexity index is 346. The van der Waals surface area contributed by atoms with Gasteiger partial charge >= 0.3 is 0 Å². The van der Waals surface area contributed by atoms with Crippen molar-refractivity contribution < 1.29 is 13.5 Å². The van der Waals surface area contributed by atoms with Crippen molar-refractivity contribution in [3.8, 4) is 0 Å². The van der Waals surface area contributed by atoms with Gasteiger partial charge in [-0.15, -0.1) is 0 Å². The zero-order chi connectivity index (χ0) is 12.5. The lowest BCUT2D eigenvalue weighted by molar-refractivity contribution is 0.0367. The van der Waals surface area contributed by atoms with Crippen molar-refractivity contribution in [2.45, 2.75) is 37.8 Å². The van der Waals surface area contributed by atoms with Gasteiger partial charge in [-0.2, -0.15) is 0 Å². The molecule has 1 aliphatic carbocycles. The molecule has 0 aromatic heterocycles. The van der Waals surface area contributed by atoms with E-state index in [1.807, 2.05) is 0 Å². The number of hydrogen-bond acceptors (Lipinski definition) is 4. The number of aliphatic hydroxyl groups is 1. The van der Waals surface area contributed by atoms with Crippen LogP contribution in [0.15, 0.2) is 0 Å². The standard InChI is InChI=1S/C11H22N2O3S/c1-13(7-9-5-11(14)6-9)17(15,16)8-10-3-2-4-12-10/h9-12,14H,2-8H2,1H3. The lowest BCUT2D eigenvalue weighted by Crippen LogP contribution is -2.43. The van der Waals surface area contributed by atoms with Crippen LogP contribution in [0, 0.1) is 5.92 Å². The molecule has 1 atom stereocenters. The van der Waals surface area contributed by atoms with Crippen molar-refractivity contribution in [2.24, 2.45) is 5.92 Å². The van der Waals surface area contributed by atoms with Crippen LogP contribution in [0.4, 0.5) is 0 Å². The highest BCUT2D eigenvalue weighted by Crippen LogP contribution is 2.28. The summed E-state index contributed by atoms with van der Waals surface area (Å²) in [7, 11) is -1.50. The molecular weight excluding hydrogens is 240 g/mol. The van der Waals surface area contributed by atoms with Gasteiger partial charge in [-0.1, -0.05) is 0 Å². The van der Waals surface area contributed by atoms with Crippen LogP contribution in [-0.4, -0.2) is 55.9 Å². The second-order valence-corrected chi connectivity index (χ2v) is 7.46. The van der Waals surface area contributed by atoms with Gasteiger partial charge in [0.2, 0.25) is 10.0 Å². The average Bonchev–Trinajstić information content (AvgIpc) is 2.67. The fourth-order valence-corrected chi connectivity index (χ4v) is 4.09. The van der Waals surface area contributed by atoms with Crippen molar-refractivity contribution in [3.63, 3.8) is 0 Å². The largest absolute Gasteiger partial charge is 0.393 e. The first-order chi connectivity index (χ1) is 7.97. The highest BCUT2D eigenvalue weighted by Gasteiger charge is 2.32. The van der Waals surface area contributed by atoms with Gasteiger partial charge in [0.1, 0.15) is 0 Å². The molecule has 1 heterocycles. The Morgan fingerprint density at radius 1 is 1.41 bits per heavy atom. The molecule has 0 spiro atoms. The molecule has 0 aromatic rings. The minimum atomic E-state index is -3.14. The van der Waals surface area contributed by atoms with E-state index >= 15 is 0 Å². The van der Waals surface area contributed by atoms with Crippen LogP contribution in [0.1, 0.15) is 25.7 Å². The summed E-state index contributed by atoms with van der Waals surface area (Å²) < 4.78 is 25.6. The third-order valence-corrected chi connectivity index (χ3v) is 5.70. The molecule has 5 nitrogen and oxygen atoms in total. The predicted octanol–water partition coefficient (Wildman–Crippen LogP) is -0.229. The maximum absolute atomic E-state index is 12.1. The summed E-state index contributed by atoms with van der Waals surface area (Å²) in [6, 6.07) is 0.120. The molecule has 1 saturated carbocycles. The maximum Gasteiger partial charge on any atom is 0.215 e. The Kier molecular flexibility index (Phi) is 4.07. The topological polar surface area (TPSA) is 69.6 Å². The summed E-state index contributed by atoms with van der Waals surface area (Å²) in [4.78, 5) is 0. The second-order valence-electron chi connectivity index (χ2n) is 5.34. The molecule has 17 heavy (non-hydrogen) atoms. The molecule has 0 aromatic carbocycles. The molecule has 100 valence electrons. The van der Waals surface area contributed by atoms with Gasteiger partial charge in [0.15, 0.2) is 0 Å². The van der Waals surface area contributed by atoms with Gasteiger partial charge in [0, 0.05) is 19.6 Å². The van der Waals surface area contributed by atoms with Crippen LogP contribution in [0.25, 0.3) is 0 Å². The minimum Gasteiger partial charge on any atom is -0.393 e. The third-order valence-electron chi connectivity index (χ3n) is 3.78. The normalized spacial score (nSPS) is 33.9. The summed E-state index contributed by atoms with van der Waals surface area (Å²) in [6.45, 7) is 1.48. The van der Waals surface area contributed by atoms with Gasteiger partial charge in [-0.05, 0) is 38.1 Å². The Hall–Kier alpha value is -0.170. The lowest BCUT2D eigenvalue weighted by atomic mass is 9.82. The number of rotatable bonds is 5. The van der Waals surface area contributed by atoms with Crippen LogP contribution in [0.3, 0.4) is 0 Å². The molecular formula is C11H22N2O3S. The maximum atomic E-state index is 12.1. The molecule has 1 saturated heterocycles. The second kappa shape index (κ2) is 5.22. The zero-order valence-corrected chi connectivity index (χ0v) is 11.1. The van der Waals surface area contributed by atoms with Gasteiger partial charge in [-0.25, -0.2) is 12.7 Å². The zero-order valence-electron chi connectivity index (χ0n) is 10.3. The van der Waals surface area contributed by atoms with Crippen molar-refractivity contribution in [1.82, 2.24) is 9.62 Å². The van der Waals surface area contributed by atoms with E-state index < -0.39 is 10.0 Å². The smallest absolute Gasteiger partial charge is 0.215 e. The fraction of sp³-hybridized carbons (Fsp3) is 1.00. The minimum absolute atomic E-state index is 0.120. The highest BCUT2D eigenvalue weighted by atomic mass is 32.2. The van der Waals surface area contributed by atoms with Crippen molar-refractivity contribution in [2.75, 3.05) is 25.9 Å². The molecule has 2 N–H and O–H groups in total. The summed E-state index contributed by atoms with van der Waals surface area (Å²) in [6.07, 6.45) is 3.28. The molecule has 2 fully saturated rings. The van der Waals surface area contributed by atoms with Crippen molar-refractivity contribution in [3.05, 3.63) is 0 Å². The summed E-state index contributed by atoms with van der Waals surface area (Å²) in [5.41, 5.74) is 0. The van der Waals surface area contributed by atoms with E-state index in [1.54, 1.807) is 7.05 Å². The first kappa shape index (κ1) is 13.3. The van der Waals surface area contributed by atoms with Gasteiger partial charge in [0.25, 0.3) is 0 Å². The van der Waals surface area contributed by atoms with Crippen molar-refractivity contribution >= 4 is 10.0 Å². The van der Waals surface area contributed by atoms with Gasteiger partial charge < -0.3 is 10.4 Å². The van der Waals surface area contributed by atoms with Gasteiger partial charge in [0.05, 0.1) is 11.9 Å². The van der Waals surface area contributed by atoms with E-state index in [4.69, 9.17) is 0 Å². The monoisotopic (exact) mass is 262 g/mol. The predicted molar refractivity (Wildman–Crippen MR) is 66.2 cm³/mol. The quantitative estimate of drug-likeness (QED) is 0.718. The Morgan fingerprint density at radius 2 is 2.12 bits per heavy atom. The van der Waals surface area contributed by atoms with Crippen LogP contribution in [0.5, 0.6) is 0 Å². The van der Waals surface area contributed by atoms with E-state index in [0.29, 0.717) is 12.5 Å². The first-order valence-electron chi connectivity index (χ1n) is 6.33. The molecule has 0 amide bonds. The number of nitrogens with zero attached hydrogens (tertiary/aromatic N) is 1. The van der Waals surface area contributed by atoms with E-state index in [9.17, 15) is 13.5 Å². The average molecular weight is 262 g/mol. The number of aliphatic hydroxyl groups excluding tert-OH is 1. The first-order valence-corrected chi connectivity index (χ1v) is 7.94. The molecule has 6 heteroatoms. The summed E-state index contributed by atoms with van der Waals surface area (Å²) in [5, 5.41) is 12.4.